The molecule has 1 heterocycles. The second kappa shape index (κ2) is 7.57. The van der Waals surface area contributed by atoms with Crippen LogP contribution in [0.25, 0.3) is 0 Å². The summed E-state index contributed by atoms with van der Waals surface area (Å²) in [6.45, 7) is 5.60. The van der Waals surface area contributed by atoms with Crippen LogP contribution in [0.3, 0.4) is 0 Å². The molecule has 0 aromatic carbocycles. The summed E-state index contributed by atoms with van der Waals surface area (Å²) >= 11 is 0. The zero-order chi connectivity index (χ0) is 15.1. The fourth-order valence-corrected chi connectivity index (χ4v) is 1.87. The van der Waals surface area contributed by atoms with Crippen molar-refractivity contribution >= 4 is 11.9 Å². The second-order valence-electron chi connectivity index (χ2n) is 4.71. The molecule has 1 aromatic rings. The molecular weight excluding hydrogens is 258 g/mol. The molecule has 1 rings (SSSR count). The van der Waals surface area contributed by atoms with Gasteiger partial charge in [-0.25, -0.2) is 4.79 Å². The normalized spacial score (nSPS) is 11.9. The molecule has 0 unspecified atom stereocenters. The number of aromatic nitrogens is 2. The van der Waals surface area contributed by atoms with E-state index in [1.165, 1.54) is 0 Å². The number of carbonyl (C=O) groups is 2. The van der Waals surface area contributed by atoms with E-state index in [1.807, 2.05) is 13.8 Å². The van der Waals surface area contributed by atoms with Gasteiger partial charge in [-0.15, -0.1) is 0 Å². The number of carbonyl (C=O) groups excluding carboxylic acids is 1. The average molecular weight is 279 g/mol. The molecule has 1 aromatic heterocycles. The number of rotatable bonds is 7. The molecule has 1 amide bonds. The van der Waals surface area contributed by atoms with Crippen LogP contribution in [0, 0.1) is 6.92 Å². The molecule has 0 bridgehead atoms. The van der Waals surface area contributed by atoms with Gasteiger partial charge in [0.25, 0.3) is 5.91 Å². The van der Waals surface area contributed by atoms with Gasteiger partial charge in [-0.3, -0.25) is 4.79 Å². The van der Waals surface area contributed by atoms with Crippen molar-refractivity contribution in [1.82, 2.24) is 15.5 Å². The van der Waals surface area contributed by atoms with E-state index in [2.05, 4.69) is 15.5 Å². The topological polar surface area (TPSA) is 92.2 Å². The molecule has 0 radical (unpaired) electrons. The Hall–Kier alpha value is -1.98. The monoisotopic (exact) mass is 279 g/mol. The lowest BCUT2D eigenvalue weighted by atomic mass is 10.1. The Morgan fingerprint density at radius 2 is 2.05 bits per heavy atom. The predicted molar refractivity (Wildman–Crippen MR) is 74.6 cm³/mol. The molecule has 20 heavy (non-hydrogen) atoms. The highest BCUT2D eigenvalue weighted by Gasteiger charge is 2.21. The van der Waals surface area contributed by atoms with Crippen LogP contribution in [0.15, 0.2) is 6.07 Å². The minimum absolute atomic E-state index is 0.400. The van der Waals surface area contributed by atoms with Crippen LogP contribution in [-0.2, 0) is 11.2 Å². The summed E-state index contributed by atoms with van der Waals surface area (Å²) in [5, 5.41) is 19.6. The molecular formula is C14H21N3O3. The zero-order valence-corrected chi connectivity index (χ0v) is 12.1. The summed E-state index contributed by atoms with van der Waals surface area (Å²) in [5.74, 6) is -1.41. The maximum absolute atomic E-state index is 12.2. The Balaban J connectivity index is 2.88. The van der Waals surface area contributed by atoms with E-state index in [9.17, 15) is 9.59 Å². The van der Waals surface area contributed by atoms with Crippen molar-refractivity contribution < 1.29 is 14.7 Å². The summed E-state index contributed by atoms with van der Waals surface area (Å²) < 4.78 is 0. The fourth-order valence-electron chi connectivity index (χ4n) is 1.87. The van der Waals surface area contributed by atoms with Crippen molar-refractivity contribution in [2.24, 2.45) is 0 Å². The molecule has 0 spiro atoms. The Morgan fingerprint density at radius 1 is 1.35 bits per heavy atom. The zero-order valence-electron chi connectivity index (χ0n) is 12.1. The Labute approximate surface area is 118 Å². The third-order valence-electron chi connectivity index (χ3n) is 3.02. The SMILES string of the molecule is CCCC[C@H](NC(=O)c1cc(C)nnc1CC)C(=O)O. The van der Waals surface area contributed by atoms with Crippen LogP contribution in [0.4, 0.5) is 0 Å². The van der Waals surface area contributed by atoms with Gasteiger partial charge in [-0.2, -0.15) is 10.2 Å². The van der Waals surface area contributed by atoms with E-state index in [0.29, 0.717) is 29.8 Å². The predicted octanol–water partition coefficient (Wildman–Crippen LogP) is 1.72. The molecule has 6 nitrogen and oxygen atoms in total. The van der Waals surface area contributed by atoms with Gasteiger partial charge in [0.1, 0.15) is 6.04 Å². The van der Waals surface area contributed by atoms with Crippen molar-refractivity contribution in [3.8, 4) is 0 Å². The number of amides is 1. The van der Waals surface area contributed by atoms with Gasteiger partial charge in [0.15, 0.2) is 0 Å². The number of nitrogens with zero attached hydrogens (tertiary/aromatic N) is 2. The molecule has 0 aliphatic carbocycles. The standard InChI is InChI=1S/C14H21N3O3/c1-4-6-7-12(14(19)20)15-13(18)10-8-9(3)16-17-11(10)5-2/h8,12H,4-7H2,1-3H3,(H,15,18)(H,19,20)/t12-/m0/s1. The van der Waals surface area contributed by atoms with Gasteiger partial charge >= 0.3 is 5.97 Å². The smallest absolute Gasteiger partial charge is 0.326 e. The van der Waals surface area contributed by atoms with Crippen LogP contribution in [0.2, 0.25) is 0 Å². The van der Waals surface area contributed by atoms with Crippen molar-refractivity contribution in [3.63, 3.8) is 0 Å². The summed E-state index contributed by atoms with van der Waals surface area (Å²) in [6.07, 6.45) is 2.64. The highest BCUT2D eigenvalue weighted by molar-refractivity contribution is 5.97. The largest absolute Gasteiger partial charge is 0.480 e. The van der Waals surface area contributed by atoms with Crippen LogP contribution in [-0.4, -0.2) is 33.2 Å². The van der Waals surface area contributed by atoms with Crippen molar-refractivity contribution in [1.29, 1.82) is 0 Å². The van der Waals surface area contributed by atoms with Crippen molar-refractivity contribution in [3.05, 3.63) is 23.0 Å². The van der Waals surface area contributed by atoms with E-state index >= 15 is 0 Å². The quantitative estimate of drug-likeness (QED) is 0.792. The Kier molecular flexibility index (Phi) is 6.09. The highest BCUT2D eigenvalue weighted by atomic mass is 16.4. The number of aryl methyl sites for hydroxylation is 2. The number of aliphatic carboxylic acids is 1. The number of carboxylic acid groups (broad SMARTS) is 1. The summed E-state index contributed by atoms with van der Waals surface area (Å²) in [7, 11) is 0. The van der Waals surface area contributed by atoms with Gasteiger partial charge in [-0.05, 0) is 25.8 Å². The van der Waals surface area contributed by atoms with Crippen LogP contribution in [0.5, 0.6) is 0 Å². The Bertz CT molecular complexity index is 489. The summed E-state index contributed by atoms with van der Waals surface area (Å²) in [5.41, 5.74) is 1.61. The third kappa shape index (κ3) is 4.29. The molecule has 110 valence electrons. The first kappa shape index (κ1) is 16.1. The molecule has 0 saturated carbocycles. The molecule has 6 heteroatoms. The number of unbranched alkanes of at least 4 members (excludes halogenated alkanes) is 1. The van der Waals surface area contributed by atoms with E-state index in [1.54, 1.807) is 13.0 Å². The lowest BCUT2D eigenvalue weighted by Gasteiger charge is -2.15. The van der Waals surface area contributed by atoms with Gasteiger partial charge in [0.2, 0.25) is 0 Å². The summed E-state index contributed by atoms with van der Waals surface area (Å²) in [4.78, 5) is 23.4. The minimum Gasteiger partial charge on any atom is -0.480 e. The molecule has 2 N–H and O–H groups in total. The van der Waals surface area contributed by atoms with Crippen molar-refractivity contribution in [2.75, 3.05) is 0 Å². The van der Waals surface area contributed by atoms with Gasteiger partial charge in [-0.1, -0.05) is 26.7 Å². The van der Waals surface area contributed by atoms with Gasteiger partial charge in [0.05, 0.1) is 17.0 Å². The summed E-state index contributed by atoms with van der Waals surface area (Å²) in [6, 6.07) is 0.778. The number of hydrogen-bond donors (Lipinski definition) is 2. The van der Waals surface area contributed by atoms with Crippen molar-refractivity contribution in [2.45, 2.75) is 52.5 Å². The van der Waals surface area contributed by atoms with E-state index in [4.69, 9.17) is 5.11 Å². The third-order valence-corrected chi connectivity index (χ3v) is 3.02. The maximum Gasteiger partial charge on any atom is 0.326 e. The first-order chi connectivity index (χ1) is 9.49. The fraction of sp³-hybridized carbons (Fsp3) is 0.571. The molecule has 1 atom stereocenters. The van der Waals surface area contributed by atoms with Crippen LogP contribution >= 0.6 is 0 Å². The van der Waals surface area contributed by atoms with Gasteiger partial charge < -0.3 is 10.4 Å². The average Bonchev–Trinajstić information content (AvgIpc) is 2.42. The first-order valence-electron chi connectivity index (χ1n) is 6.86. The molecule has 0 fully saturated rings. The lowest BCUT2D eigenvalue weighted by Crippen LogP contribution is -2.41. The Morgan fingerprint density at radius 3 is 2.60 bits per heavy atom. The maximum atomic E-state index is 12.2. The van der Waals surface area contributed by atoms with Crippen LogP contribution < -0.4 is 5.32 Å². The van der Waals surface area contributed by atoms with E-state index in [-0.39, 0.29) is 0 Å². The first-order valence-corrected chi connectivity index (χ1v) is 6.86. The molecule has 0 saturated heterocycles. The molecule has 0 aliphatic heterocycles. The molecule has 0 aliphatic rings. The van der Waals surface area contributed by atoms with Crippen LogP contribution in [0.1, 0.15) is 54.9 Å². The second-order valence-corrected chi connectivity index (χ2v) is 4.71. The number of carboxylic acids is 1. The van der Waals surface area contributed by atoms with E-state index in [0.717, 1.165) is 12.8 Å². The lowest BCUT2D eigenvalue weighted by molar-refractivity contribution is -0.139. The number of nitrogens with one attached hydrogen (secondary N) is 1. The van der Waals surface area contributed by atoms with Gasteiger partial charge in [0, 0.05) is 0 Å². The number of hydrogen-bond acceptors (Lipinski definition) is 4. The van der Waals surface area contributed by atoms with E-state index < -0.39 is 17.9 Å². The minimum atomic E-state index is -1.01. The highest BCUT2D eigenvalue weighted by Crippen LogP contribution is 2.09.